The minimum atomic E-state index is -4.40. The van der Waals surface area contributed by atoms with Gasteiger partial charge in [0.1, 0.15) is 5.82 Å². The Morgan fingerprint density at radius 2 is 1.84 bits per heavy atom. The number of hydrogen-bond acceptors (Lipinski definition) is 5. The number of thioether (sulfide) groups is 1. The van der Waals surface area contributed by atoms with E-state index < -0.39 is 11.2 Å². The number of pyridine rings is 1. The molecule has 0 aliphatic heterocycles. The van der Waals surface area contributed by atoms with Crippen molar-refractivity contribution in [2.45, 2.75) is 16.9 Å². The van der Waals surface area contributed by atoms with Crippen molar-refractivity contribution in [3.05, 3.63) is 76.8 Å². The summed E-state index contributed by atoms with van der Waals surface area (Å²) < 4.78 is 40.0. The lowest BCUT2D eigenvalue weighted by Gasteiger charge is -2.10. The quantitative estimate of drug-likeness (QED) is 0.439. The second kappa shape index (κ2) is 8.03. The van der Waals surface area contributed by atoms with Gasteiger partial charge in [-0.25, -0.2) is 14.3 Å². The van der Waals surface area contributed by atoms with E-state index in [1.165, 1.54) is 35.0 Å². The topological polar surface area (TPSA) is 72.1 Å². The molecule has 0 atom stereocenters. The van der Waals surface area contributed by atoms with E-state index in [-0.39, 0.29) is 34.8 Å². The standard InChI is InChI=1S/C21H17F3N4O2S/c1-25-18-10-13(16-4-2-3-5-17(16)26-18)11-27-12-19(29)28(20(27)30)14-6-8-15(9-7-14)31-21(22,23)24/h2-10,12,29H,11H2,1H3,(H,25,26). The number of para-hydroxylation sites is 1. The summed E-state index contributed by atoms with van der Waals surface area (Å²) in [6, 6.07) is 14.6. The van der Waals surface area contributed by atoms with E-state index in [1.54, 1.807) is 7.05 Å². The lowest BCUT2D eigenvalue weighted by molar-refractivity contribution is -0.0328. The molecule has 2 N–H and O–H groups in total. The summed E-state index contributed by atoms with van der Waals surface area (Å²) in [6.07, 6.45) is 1.30. The smallest absolute Gasteiger partial charge is 0.446 e. The molecular weight excluding hydrogens is 429 g/mol. The highest BCUT2D eigenvalue weighted by molar-refractivity contribution is 8.00. The number of nitrogens with zero attached hydrogens (tertiary/aromatic N) is 3. The molecule has 160 valence electrons. The fraction of sp³-hybridized carbons (Fsp3) is 0.143. The zero-order valence-corrected chi connectivity index (χ0v) is 17.0. The number of hydrogen-bond donors (Lipinski definition) is 2. The maximum atomic E-state index is 12.9. The number of halogens is 3. The van der Waals surface area contributed by atoms with E-state index in [2.05, 4.69) is 10.3 Å². The Bertz CT molecular complexity index is 1300. The van der Waals surface area contributed by atoms with Crippen LogP contribution in [0.1, 0.15) is 5.56 Å². The zero-order chi connectivity index (χ0) is 22.2. The third-order valence-electron chi connectivity index (χ3n) is 4.66. The molecule has 2 heterocycles. The molecule has 31 heavy (non-hydrogen) atoms. The summed E-state index contributed by atoms with van der Waals surface area (Å²) in [4.78, 5) is 17.4. The van der Waals surface area contributed by atoms with E-state index in [0.717, 1.165) is 21.0 Å². The second-order valence-electron chi connectivity index (χ2n) is 6.71. The average molecular weight is 446 g/mol. The lowest BCUT2D eigenvalue weighted by Crippen LogP contribution is -2.23. The lowest BCUT2D eigenvalue weighted by atomic mass is 10.1. The van der Waals surface area contributed by atoms with Crippen LogP contribution in [0, 0.1) is 0 Å². The van der Waals surface area contributed by atoms with Crippen LogP contribution >= 0.6 is 11.8 Å². The first-order chi connectivity index (χ1) is 14.7. The average Bonchev–Trinajstić information content (AvgIpc) is 3.00. The minimum Gasteiger partial charge on any atom is -0.493 e. The fourth-order valence-electron chi connectivity index (χ4n) is 3.32. The number of aromatic hydroxyl groups is 1. The number of aromatic nitrogens is 3. The molecule has 0 amide bonds. The van der Waals surface area contributed by atoms with E-state index in [4.69, 9.17) is 0 Å². The van der Waals surface area contributed by atoms with Gasteiger partial charge in [-0.3, -0.25) is 4.57 Å². The molecule has 6 nitrogen and oxygen atoms in total. The van der Waals surface area contributed by atoms with Crippen molar-refractivity contribution in [2.24, 2.45) is 0 Å². The van der Waals surface area contributed by atoms with Gasteiger partial charge in [0.05, 0.1) is 23.9 Å². The van der Waals surface area contributed by atoms with Crippen LogP contribution in [-0.4, -0.2) is 31.8 Å². The fourth-order valence-corrected chi connectivity index (χ4v) is 3.86. The molecule has 4 rings (SSSR count). The Kier molecular flexibility index (Phi) is 5.40. The molecule has 0 radical (unpaired) electrons. The van der Waals surface area contributed by atoms with Crippen LogP contribution in [0.3, 0.4) is 0 Å². The summed E-state index contributed by atoms with van der Waals surface area (Å²) in [5.41, 5.74) is -3.06. The van der Waals surface area contributed by atoms with Crippen LogP contribution in [0.15, 0.2) is 70.5 Å². The molecule has 10 heteroatoms. The first kappa shape index (κ1) is 20.9. The second-order valence-corrected chi connectivity index (χ2v) is 7.85. The van der Waals surface area contributed by atoms with Gasteiger partial charge in [0.2, 0.25) is 5.88 Å². The largest absolute Gasteiger partial charge is 0.493 e. The van der Waals surface area contributed by atoms with Crippen LogP contribution in [0.2, 0.25) is 0 Å². The van der Waals surface area contributed by atoms with E-state index >= 15 is 0 Å². The molecular formula is C21H17F3N4O2S. The van der Waals surface area contributed by atoms with Gasteiger partial charge in [0, 0.05) is 17.3 Å². The molecule has 4 aromatic rings. The Morgan fingerprint density at radius 1 is 1.13 bits per heavy atom. The highest BCUT2D eigenvalue weighted by atomic mass is 32.2. The molecule has 0 bridgehead atoms. The van der Waals surface area contributed by atoms with Crippen molar-refractivity contribution < 1.29 is 18.3 Å². The number of alkyl halides is 3. The van der Waals surface area contributed by atoms with Gasteiger partial charge in [0.15, 0.2) is 0 Å². The monoisotopic (exact) mass is 446 g/mol. The Morgan fingerprint density at radius 3 is 2.52 bits per heavy atom. The van der Waals surface area contributed by atoms with E-state index in [9.17, 15) is 23.1 Å². The number of rotatable bonds is 5. The number of fused-ring (bicyclic) bond motifs is 1. The molecule has 0 spiro atoms. The van der Waals surface area contributed by atoms with Crippen LogP contribution in [-0.2, 0) is 6.54 Å². The first-order valence-electron chi connectivity index (χ1n) is 9.19. The van der Waals surface area contributed by atoms with Crippen molar-refractivity contribution in [1.82, 2.24) is 14.1 Å². The predicted molar refractivity (Wildman–Crippen MR) is 114 cm³/mol. The Labute approximate surface area is 179 Å². The van der Waals surface area contributed by atoms with Gasteiger partial charge in [-0.15, -0.1) is 0 Å². The normalized spacial score (nSPS) is 11.7. The summed E-state index contributed by atoms with van der Waals surface area (Å²) in [5, 5.41) is 14.2. The van der Waals surface area contributed by atoms with Crippen molar-refractivity contribution in [2.75, 3.05) is 12.4 Å². The minimum absolute atomic E-state index is 0.00827. The maximum absolute atomic E-state index is 12.9. The highest BCUT2D eigenvalue weighted by Crippen LogP contribution is 2.37. The van der Waals surface area contributed by atoms with Gasteiger partial charge >= 0.3 is 11.2 Å². The van der Waals surface area contributed by atoms with Gasteiger partial charge in [-0.2, -0.15) is 13.2 Å². The Hall–Kier alpha value is -3.40. The molecule has 0 fully saturated rings. The number of imidazole rings is 1. The maximum Gasteiger partial charge on any atom is 0.446 e. The summed E-state index contributed by atoms with van der Waals surface area (Å²) >= 11 is -0.242. The molecule has 0 aliphatic rings. The molecule has 2 aromatic heterocycles. The summed E-state index contributed by atoms with van der Waals surface area (Å²) in [7, 11) is 1.75. The van der Waals surface area contributed by atoms with Crippen molar-refractivity contribution in [3.63, 3.8) is 0 Å². The molecule has 0 saturated heterocycles. The third-order valence-corrected chi connectivity index (χ3v) is 5.40. The van der Waals surface area contributed by atoms with Crippen molar-refractivity contribution in [1.29, 1.82) is 0 Å². The zero-order valence-electron chi connectivity index (χ0n) is 16.2. The van der Waals surface area contributed by atoms with Crippen LogP contribution in [0.5, 0.6) is 5.88 Å². The van der Waals surface area contributed by atoms with Gasteiger partial charge in [-0.1, -0.05) is 18.2 Å². The van der Waals surface area contributed by atoms with Crippen LogP contribution in [0.25, 0.3) is 16.6 Å². The predicted octanol–water partition coefficient (Wildman–Crippen LogP) is 4.59. The Balaban J connectivity index is 1.70. The molecule has 0 saturated carbocycles. The number of nitrogens with one attached hydrogen (secondary N) is 1. The molecule has 0 aliphatic carbocycles. The van der Waals surface area contributed by atoms with E-state index in [1.807, 2.05) is 30.3 Å². The van der Waals surface area contributed by atoms with Gasteiger partial charge in [0.25, 0.3) is 0 Å². The number of anilines is 1. The highest BCUT2D eigenvalue weighted by Gasteiger charge is 2.29. The SMILES string of the molecule is CNc1cc(Cn2cc(O)n(-c3ccc(SC(F)(F)F)cc3)c2=O)c2ccccc2n1. The van der Waals surface area contributed by atoms with Crippen LogP contribution < -0.4 is 11.0 Å². The van der Waals surface area contributed by atoms with Crippen LogP contribution in [0.4, 0.5) is 19.0 Å². The van der Waals surface area contributed by atoms with Crippen molar-refractivity contribution in [3.8, 4) is 11.6 Å². The summed E-state index contributed by atoms with van der Waals surface area (Å²) in [5.74, 6) is 0.330. The van der Waals surface area contributed by atoms with Crippen molar-refractivity contribution >= 4 is 28.5 Å². The van der Waals surface area contributed by atoms with Gasteiger partial charge in [-0.05, 0) is 53.7 Å². The van der Waals surface area contributed by atoms with Gasteiger partial charge < -0.3 is 10.4 Å². The first-order valence-corrected chi connectivity index (χ1v) is 10.0. The number of benzene rings is 2. The van der Waals surface area contributed by atoms with E-state index in [0.29, 0.717) is 5.82 Å². The third kappa shape index (κ3) is 4.38. The molecule has 0 unspecified atom stereocenters. The summed E-state index contributed by atoms with van der Waals surface area (Å²) in [6.45, 7) is 0.180. The molecule has 2 aromatic carbocycles.